The predicted octanol–water partition coefficient (Wildman–Crippen LogP) is 3.17. The summed E-state index contributed by atoms with van der Waals surface area (Å²) in [5.74, 6) is 0.303. The Balaban J connectivity index is 2.89. The van der Waals surface area contributed by atoms with Crippen LogP contribution in [0.1, 0.15) is 32.8 Å². The first-order valence-corrected chi connectivity index (χ1v) is 10.2. The van der Waals surface area contributed by atoms with Gasteiger partial charge in [0.1, 0.15) is 0 Å². The van der Waals surface area contributed by atoms with E-state index in [0.29, 0.717) is 12.2 Å². The van der Waals surface area contributed by atoms with Crippen LogP contribution in [0.2, 0.25) is 0 Å². The normalized spacial score (nSPS) is 11.0. The van der Waals surface area contributed by atoms with E-state index in [1.54, 1.807) is 23.3 Å². The van der Waals surface area contributed by atoms with Crippen LogP contribution in [0.15, 0.2) is 29.2 Å². The first-order valence-electron chi connectivity index (χ1n) is 9.20. The van der Waals surface area contributed by atoms with Crippen LogP contribution >= 0.6 is 11.8 Å². The van der Waals surface area contributed by atoms with Gasteiger partial charge in [-0.05, 0) is 43.3 Å². The molecular weight excluding hydrogens is 364 g/mol. The summed E-state index contributed by atoms with van der Waals surface area (Å²) >= 11 is 1.68. The topological polar surface area (TPSA) is 93.7 Å². The minimum absolute atomic E-state index is 0.253. The van der Waals surface area contributed by atoms with Crippen molar-refractivity contribution >= 4 is 35.5 Å². The second kappa shape index (κ2) is 13.2. The van der Waals surface area contributed by atoms with Crippen molar-refractivity contribution in [2.24, 2.45) is 0 Å². The molecule has 0 heterocycles. The number of amides is 3. The lowest BCUT2D eigenvalue weighted by Crippen LogP contribution is -2.29. The molecule has 1 aromatic rings. The average molecular weight is 395 g/mol. The van der Waals surface area contributed by atoms with Crippen LogP contribution in [0.4, 0.5) is 10.5 Å². The molecule has 0 spiro atoms. The molecular formula is C19H30N4O3S. The zero-order valence-corrected chi connectivity index (χ0v) is 17.1. The number of nitrogens with zero attached hydrogens (tertiary/aromatic N) is 1. The lowest BCUT2D eigenvalue weighted by atomic mass is 10.2. The third-order valence-corrected chi connectivity index (χ3v) is 4.94. The molecule has 4 N–H and O–H groups in total. The van der Waals surface area contributed by atoms with Crippen LogP contribution in [0.3, 0.4) is 0 Å². The number of rotatable bonds is 11. The van der Waals surface area contributed by atoms with Gasteiger partial charge in [0.15, 0.2) is 0 Å². The van der Waals surface area contributed by atoms with E-state index < -0.39 is 5.91 Å². The predicted molar refractivity (Wildman–Crippen MR) is 111 cm³/mol. The van der Waals surface area contributed by atoms with Crippen molar-refractivity contribution in [1.29, 1.82) is 0 Å². The molecule has 3 amide bonds. The maximum Gasteiger partial charge on any atom is 0.319 e. The molecule has 0 aliphatic heterocycles. The summed E-state index contributed by atoms with van der Waals surface area (Å²) in [4.78, 5) is 26.5. The third-order valence-electron chi connectivity index (χ3n) is 3.88. The molecule has 0 saturated carbocycles. The molecule has 0 aliphatic carbocycles. The van der Waals surface area contributed by atoms with Crippen LogP contribution in [0.5, 0.6) is 0 Å². The number of benzene rings is 1. The van der Waals surface area contributed by atoms with E-state index in [4.69, 9.17) is 5.21 Å². The summed E-state index contributed by atoms with van der Waals surface area (Å²) in [6.45, 7) is 9.87. The van der Waals surface area contributed by atoms with Crippen LogP contribution in [-0.2, 0) is 4.79 Å². The Bertz CT molecular complexity index is 633. The number of carbonyl (C=O) groups is 2. The van der Waals surface area contributed by atoms with Gasteiger partial charge in [0.25, 0.3) is 5.91 Å². The van der Waals surface area contributed by atoms with E-state index in [0.717, 1.165) is 42.3 Å². The van der Waals surface area contributed by atoms with Gasteiger partial charge in [-0.1, -0.05) is 26.8 Å². The smallest absolute Gasteiger partial charge is 0.319 e. The molecule has 0 bridgehead atoms. The molecule has 150 valence electrons. The number of hydroxylamine groups is 1. The standard InChI is InChI=1S/C19H30N4O3S/c1-4-11-20-19(25)21-16-14-15(8-10-18(24)22-26)7-9-17(16)27-13-12-23(5-2)6-3/h7-10,14,26H,4-6,11-13H2,1-3H3,(H,22,24)(H2,20,21,25)/b10-8+. The van der Waals surface area contributed by atoms with Gasteiger partial charge in [0, 0.05) is 29.8 Å². The van der Waals surface area contributed by atoms with E-state index in [1.165, 1.54) is 6.08 Å². The third kappa shape index (κ3) is 8.94. The summed E-state index contributed by atoms with van der Waals surface area (Å²) in [6, 6.07) is 5.36. The van der Waals surface area contributed by atoms with Gasteiger partial charge in [-0.15, -0.1) is 11.8 Å². The van der Waals surface area contributed by atoms with E-state index in [2.05, 4.69) is 29.4 Å². The van der Waals surface area contributed by atoms with Crippen LogP contribution < -0.4 is 16.1 Å². The first-order chi connectivity index (χ1) is 13.0. The van der Waals surface area contributed by atoms with Crippen LogP contribution in [0.25, 0.3) is 6.08 Å². The Morgan fingerprint density at radius 3 is 2.59 bits per heavy atom. The molecule has 8 heteroatoms. The number of nitrogens with one attached hydrogen (secondary N) is 3. The van der Waals surface area contributed by atoms with Gasteiger partial charge < -0.3 is 15.5 Å². The molecule has 27 heavy (non-hydrogen) atoms. The second-order valence-corrected chi connectivity index (χ2v) is 6.96. The summed E-state index contributed by atoms with van der Waals surface area (Å²) in [6.07, 6.45) is 3.66. The monoisotopic (exact) mass is 394 g/mol. The Hall–Kier alpha value is -2.03. The van der Waals surface area contributed by atoms with E-state index in [1.807, 2.05) is 25.1 Å². The maximum atomic E-state index is 12.1. The summed E-state index contributed by atoms with van der Waals surface area (Å²) < 4.78 is 0. The van der Waals surface area contributed by atoms with E-state index in [-0.39, 0.29) is 6.03 Å². The van der Waals surface area contributed by atoms with Gasteiger partial charge >= 0.3 is 6.03 Å². The van der Waals surface area contributed by atoms with Crippen molar-refractivity contribution in [3.05, 3.63) is 29.8 Å². The summed E-state index contributed by atoms with van der Waals surface area (Å²) in [5.41, 5.74) is 2.99. The number of hydrogen-bond donors (Lipinski definition) is 4. The zero-order chi connectivity index (χ0) is 20.1. The molecule has 1 rings (SSSR count). The Morgan fingerprint density at radius 2 is 1.96 bits per heavy atom. The molecule has 0 radical (unpaired) electrons. The van der Waals surface area contributed by atoms with Gasteiger partial charge in [-0.25, -0.2) is 10.3 Å². The quantitative estimate of drug-likeness (QED) is 0.200. The fraction of sp³-hybridized carbons (Fsp3) is 0.474. The minimum Gasteiger partial charge on any atom is -0.338 e. The van der Waals surface area contributed by atoms with Crippen molar-refractivity contribution in [2.75, 3.05) is 37.2 Å². The van der Waals surface area contributed by atoms with Crippen molar-refractivity contribution in [3.8, 4) is 0 Å². The Morgan fingerprint density at radius 1 is 1.22 bits per heavy atom. The number of carbonyl (C=O) groups excluding carboxylic acids is 2. The highest BCUT2D eigenvalue weighted by Crippen LogP contribution is 2.29. The first kappa shape index (κ1) is 23.0. The van der Waals surface area contributed by atoms with Crippen molar-refractivity contribution in [3.63, 3.8) is 0 Å². The lowest BCUT2D eigenvalue weighted by Gasteiger charge is -2.18. The summed E-state index contributed by atoms with van der Waals surface area (Å²) in [5, 5.41) is 14.3. The zero-order valence-electron chi connectivity index (χ0n) is 16.2. The molecule has 0 saturated heterocycles. The molecule has 0 aliphatic rings. The van der Waals surface area contributed by atoms with E-state index in [9.17, 15) is 9.59 Å². The lowest BCUT2D eigenvalue weighted by molar-refractivity contribution is -0.124. The largest absolute Gasteiger partial charge is 0.338 e. The highest BCUT2D eigenvalue weighted by molar-refractivity contribution is 7.99. The number of hydrogen-bond acceptors (Lipinski definition) is 5. The summed E-state index contributed by atoms with van der Waals surface area (Å²) in [7, 11) is 0. The van der Waals surface area contributed by atoms with Crippen LogP contribution in [-0.4, -0.2) is 54.0 Å². The molecule has 0 fully saturated rings. The van der Waals surface area contributed by atoms with Gasteiger partial charge in [0.05, 0.1) is 5.69 Å². The van der Waals surface area contributed by atoms with Crippen LogP contribution in [0, 0.1) is 0 Å². The minimum atomic E-state index is -0.608. The maximum absolute atomic E-state index is 12.1. The van der Waals surface area contributed by atoms with Crippen molar-refractivity contribution < 1.29 is 14.8 Å². The molecule has 0 aromatic heterocycles. The number of thioether (sulfide) groups is 1. The molecule has 0 atom stereocenters. The Kier molecular flexibility index (Phi) is 11.2. The highest BCUT2D eigenvalue weighted by Gasteiger charge is 2.09. The second-order valence-electron chi connectivity index (χ2n) is 5.82. The van der Waals surface area contributed by atoms with Gasteiger partial charge in [0.2, 0.25) is 0 Å². The van der Waals surface area contributed by atoms with Gasteiger partial charge in [-0.3, -0.25) is 10.0 Å². The fourth-order valence-electron chi connectivity index (χ4n) is 2.31. The fourth-order valence-corrected chi connectivity index (χ4v) is 3.31. The average Bonchev–Trinajstić information content (AvgIpc) is 2.68. The molecule has 1 aromatic carbocycles. The van der Waals surface area contributed by atoms with Crippen molar-refractivity contribution in [2.45, 2.75) is 32.1 Å². The SMILES string of the molecule is CCCNC(=O)Nc1cc(/C=C/C(=O)NO)ccc1SCCN(CC)CC. The highest BCUT2D eigenvalue weighted by atomic mass is 32.2. The molecule has 0 unspecified atom stereocenters. The number of urea groups is 1. The molecule has 7 nitrogen and oxygen atoms in total. The number of anilines is 1. The van der Waals surface area contributed by atoms with E-state index >= 15 is 0 Å². The Labute approximate surface area is 165 Å². The van der Waals surface area contributed by atoms with Crippen molar-refractivity contribution in [1.82, 2.24) is 15.7 Å². The van der Waals surface area contributed by atoms with Gasteiger partial charge in [-0.2, -0.15) is 0 Å².